The second-order valence-electron chi connectivity index (χ2n) is 3.69. The number of rotatable bonds is 6. The Balaban J connectivity index is 3.54. The zero-order chi connectivity index (χ0) is 9.61. The minimum absolute atomic E-state index is 0.596. The van der Waals surface area contributed by atoms with E-state index in [1.54, 1.807) is 13.8 Å². The van der Waals surface area contributed by atoms with Crippen LogP contribution >= 0.6 is 0 Å². The summed E-state index contributed by atoms with van der Waals surface area (Å²) in [6.07, 6.45) is 1.77. The van der Waals surface area contributed by atoms with Crippen molar-refractivity contribution in [2.24, 2.45) is 5.41 Å². The molecule has 3 heteroatoms. The standard InChI is InChI=1S/C9H19NO2/c1-4-6-10-7-5-9(2,3)8(11)12/h10H,4-7H2,1-3H3,(H,11,12). The van der Waals surface area contributed by atoms with Crippen LogP contribution in [0, 0.1) is 5.41 Å². The van der Waals surface area contributed by atoms with Crippen LogP contribution in [0.2, 0.25) is 0 Å². The van der Waals surface area contributed by atoms with Gasteiger partial charge in [-0.15, -0.1) is 0 Å². The summed E-state index contributed by atoms with van der Waals surface area (Å²) in [5.74, 6) is -0.721. The molecule has 0 aliphatic carbocycles. The molecule has 0 aliphatic rings. The van der Waals surface area contributed by atoms with Crippen molar-refractivity contribution in [3.63, 3.8) is 0 Å². The number of aliphatic carboxylic acids is 1. The van der Waals surface area contributed by atoms with Crippen molar-refractivity contribution in [2.75, 3.05) is 13.1 Å². The summed E-state index contributed by atoms with van der Waals surface area (Å²) < 4.78 is 0. The van der Waals surface area contributed by atoms with Gasteiger partial charge in [0.25, 0.3) is 0 Å². The largest absolute Gasteiger partial charge is 0.481 e. The number of carboxylic acids is 1. The fraction of sp³-hybridized carbons (Fsp3) is 0.889. The average molecular weight is 173 g/mol. The van der Waals surface area contributed by atoms with Gasteiger partial charge in [-0.2, -0.15) is 0 Å². The van der Waals surface area contributed by atoms with Gasteiger partial charge in [-0.3, -0.25) is 4.79 Å². The molecule has 0 aromatic carbocycles. The van der Waals surface area contributed by atoms with E-state index in [-0.39, 0.29) is 0 Å². The van der Waals surface area contributed by atoms with E-state index in [1.807, 2.05) is 0 Å². The van der Waals surface area contributed by atoms with Crippen molar-refractivity contribution in [3.8, 4) is 0 Å². The summed E-state index contributed by atoms with van der Waals surface area (Å²) >= 11 is 0. The van der Waals surface area contributed by atoms with Gasteiger partial charge in [0.2, 0.25) is 0 Å². The van der Waals surface area contributed by atoms with Crippen LogP contribution in [0.4, 0.5) is 0 Å². The monoisotopic (exact) mass is 173 g/mol. The normalized spacial score (nSPS) is 11.6. The molecular weight excluding hydrogens is 154 g/mol. The average Bonchev–Trinajstić information content (AvgIpc) is 1.98. The molecule has 2 N–H and O–H groups in total. The Morgan fingerprint density at radius 2 is 2.00 bits per heavy atom. The highest BCUT2D eigenvalue weighted by molar-refractivity contribution is 5.73. The summed E-state index contributed by atoms with van der Waals surface area (Å²) in [5.41, 5.74) is -0.596. The first kappa shape index (κ1) is 11.4. The van der Waals surface area contributed by atoms with Gasteiger partial charge in [-0.1, -0.05) is 6.92 Å². The molecule has 0 unspecified atom stereocenters. The number of carboxylic acid groups (broad SMARTS) is 1. The van der Waals surface area contributed by atoms with Crippen LogP contribution in [0.5, 0.6) is 0 Å². The molecule has 0 aromatic heterocycles. The van der Waals surface area contributed by atoms with Gasteiger partial charge < -0.3 is 10.4 Å². The first-order valence-corrected chi connectivity index (χ1v) is 4.45. The Morgan fingerprint density at radius 1 is 1.42 bits per heavy atom. The van der Waals surface area contributed by atoms with Crippen LogP contribution in [0.25, 0.3) is 0 Å². The van der Waals surface area contributed by atoms with Gasteiger partial charge in [0.1, 0.15) is 0 Å². The molecule has 0 spiro atoms. The molecule has 0 radical (unpaired) electrons. The topological polar surface area (TPSA) is 49.3 Å². The van der Waals surface area contributed by atoms with Gasteiger partial charge in [0.05, 0.1) is 5.41 Å². The Kier molecular flexibility index (Phi) is 4.90. The highest BCUT2D eigenvalue weighted by atomic mass is 16.4. The quantitative estimate of drug-likeness (QED) is 0.598. The SMILES string of the molecule is CCCNCCC(C)(C)C(=O)O. The summed E-state index contributed by atoms with van der Waals surface area (Å²) in [5, 5.41) is 12.0. The van der Waals surface area contributed by atoms with Crippen molar-refractivity contribution >= 4 is 5.97 Å². The smallest absolute Gasteiger partial charge is 0.309 e. The van der Waals surface area contributed by atoms with Gasteiger partial charge in [0, 0.05) is 0 Å². The van der Waals surface area contributed by atoms with E-state index < -0.39 is 11.4 Å². The Bertz CT molecular complexity index is 143. The Morgan fingerprint density at radius 3 is 2.42 bits per heavy atom. The van der Waals surface area contributed by atoms with E-state index in [0.29, 0.717) is 6.42 Å². The van der Waals surface area contributed by atoms with Crippen molar-refractivity contribution in [2.45, 2.75) is 33.6 Å². The van der Waals surface area contributed by atoms with Crippen molar-refractivity contribution in [1.29, 1.82) is 0 Å². The van der Waals surface area contributed by atoms with E-state index in [4.69, 9.17) is 5.11 Å². The van der Waals surface area contributed by atoms with Crippen molar-refractivity contribution in [3.05, 3.63) is 0 Å². The van der Waals surface area contributed by atoms with Crippen molar-refractivity contribution < 1.29 is 9.90 Å². The molecule has 0 atom stereocenters. The lowest BCUT2D eigenvalue weighted by molar-refractivity contribution is -0.147. The molecule has 0 amide bonds. The third-order valence-electron chi connectivity index (χ3n) is 1.93. The first-order chi connectivity index (χ1) is 5.50. The molecule has 12 heavy (non-hydrogen) atoms. The zero-order valence-corrected chi connectivity index (χ0v) is 8.18. The molecule has 0 saturated carbocycles. The molecule has 0 aliphatic heterocycles. The lowest BCUT2D eigenvalue weighted by atomic mass is 9.90. The molecular formula is C9H19NO2. The maximum absolute atomic E-state index is 10.7. The van der Waals surface area contributed by atoms with E-state index in [0.717, 1.165) is 19.5 Å². The number of carbonyl (C=O) groups is 1. The fourth-order valence-corrected chi connectivity index (χ4v) is 0.810. The van der Waals surface area contributed by atoms with Gasteiger partial charge in [-0.05, 0) is 39.8 Å². The maximum Gasteiger partial charge on any atom is 0.309 e. The summed E-state index contributed by atoms with van der Waals surface area (Å²) in [4.78, 5) is 10.7. The fourth-order valence-electron chi connectivity index (χ4n) is 0.810. The number of nitrogens with one attached hydrogen (secondary N) is 1. The van der Waals surface area contributed by atoms with E-state index in [9.17, 15) is 4.79 Å². The van der Waals surface area contributed by atoms with E-state index in [2.05, 4.69) is 12.2 Å². The molecule has 72 valence electrons. The highest BCUT2D eigenvalue weighted by Gasteiger charge is 2.25. The van der Waals surface area contributed by atoms with Crippen LogP contribution in [-0.4, -0.2) is 24.2 Å². The zero-order valence-electron chi connectivity index (χ0n) is 8.18. The molecule has 0 saturated heterocycles. The van der Waals surface area contributed by atoms with Crippen molar-refractivity contribution in [1.82, 2.24) is 5.32 Å². The van der Waals surface area contributed by atoms with Crippen LogP contribution in [0.1, 0.15) is 33.6 Å². The van der Waals surface area contributed by atoms with Crippen LogP contribution < -0.4 is 5.32 Å². The summed E-state index contributed by atoms with van der Waals surface area (Å²) in [6, 6.07) is 0. The van der Waals surface area contributed by atoms with Crippen LogP contribution in [-0.2, 0) is 4.79 Å². The molecule has 0 bridgehead atoms. The minimum atomic E-state index is -0.721. The second kappa shape index (κ2) is 5.14. The summed E-state index contributed by atoms with van der Waals surface area (Å²) in [7, 11) is 0. The lowest BCUT2D eigenvalue weighted by Crippen LogP contribution is -2.29. The Labute approximate surface area is 74.2 Å². The lowest BCUT2D eigenvalue weighted by Gasteiger charge is -2.18. The number of hydrogen-bond acceptors (Lipinski definition) is 2. The molecule has 0 rings (SSSR count). The Hall–Kier alpha value is -0.570. The highest BCUT2D eigenvalue weighted by Crippen LogP contribution is 2.19. The van der Waals surface area contributed by atoms with Crippen LogP contribution in [0.15, 0.2) is 0 Å². The molecule has 0 aromatic rings. The predicted molar refractivity (Wildman–Crippen MR) is 49.2 cm³/mol. The van der Waals surface area contributed by atoms with Gasteiger partial charge >= 0.3 is 5.97 Å². The third-order valence-corrected chi connectivity index (χ3v) is 1.93. The maximum atomic E-state index is 10.7. The minimum Gasteiger partial charge on any atom is -0.481 e. The molecule has 3 nitrogen and oxygen atoms in total. The molecule has 0 fully saturated rings. The predicted octanol–water partition coefficient (Wildman–Crippen LogP) is 1.49. The van der Waals surface area contributed by atoms with Gasteiger partial charge in [-0.25, -0.2) is 0 Å². The summed E-state index contributed by atoms with van der Waals surface area (Å²) in [6.45, 7) is 7.35. The molecule has 0 heterocycles. The first-order valence-electron chi connectivity index (χ1n) is 4.45. The third kappa shape index (κ3) is 4.34. The second-order valence-corrected chi connectivity index (χ2v) is 3.69. The number of hydrogen-bond donors (Lipinski definition) is 2. The van der Waals surface area contributed by atoms with Crippen LogP contribution in [0.3, 0.4) is 0 Å². The van der Waals surface area contributed by atoms with E-state index in [1.165, 1.54) is 0 Å². The van der Waals surface area contributed by atoms with E-state index >= 15 is 0 Å². The van der Waals surface area contributed by atoms with Gasteiger partial charge in [0.15, 0.2) is 0 Å².